The lowest BCUT2D eigenvalue weighted by Gasteiger charge is -2.10. The molecule has 0 unspecified atom stereocenters. The Hall–Kier alpha value is -7.36. The van der Waals surface area contributed by atoms with E-state index in [4.69, 9.17) is 61.0 Å². The van der Waals surface area contributed by atoms with Crippen LogP contribution in [0.3, 0.4) is 0 Å². The molecule has 9 rings (SSSR count). The predicted octanol–water partition coefficient (Wildman–Crippen LogP) is 15.0. The number of nitrogens with zero attached hydrogens (tertiary/aromatic N) is 2. The molecule has 72 heavy (non-hydrogen) atoms. The molecule has 0 aliphatic rings. The zero-order valence-electron chi connectivity index (χ0n) is 37.8. The minimum atomic E-state index is -1.06. The van der Waals surface area contributed by atoms with Crippen molar-refractivity contribution in [2.75, 3.05) is 14.2 Å². The van der Waals surface area contributed by atoms with Crippen molar-refractivity contribution in [3.05, 3.63) is 204 Å². The van der Waals surface area contributed by atoms with E-state index in [1.807, 2.05) is 59.3 Å². The van der Waals surface area contributed by atoms with Crippen molar-refractivity contribution in [3.8, 4) is 71.7 Å². The molecule has 17 heteroatoms. The number of carbonyl (C=O) groups excluding carboxylic acids is 2. The van der Waals surface area contributed by atoms with Gasteiger partial charge in [0.05, 0.1) is 62.4 Å². The highest BCUT2D eigenvalue weighted by Crippen LogP contribution is 2.37. The van der Waals surface area contributed by atoms with Crippen LogP contribution in [0, 0.1) is 0 Å². The average Bonchev–Trinajstić information content (AvgIpc) is 4.11. The molecule has 3 N–H and O–H groups in total. The van der Waals surface area contributed by atoms with E-state index in [2.05, 4.69) is 15.3 Å². The summed E-state index contributed by atoms with van der Waals surface area (Å²) >= 11 is 27.1. The molecule has 7 aromatic carbocycles. The Kier molecular flexibility index (Phi) is 16.2. The summed E-state index contributed by atoms with van der Waals surface area (Å²) in [6.45, 7) is 0.353. The smallest absolute Gasteiger partial charge is 0.338 e. The third kappa shape index (κ3) is 11.9. The van der Waals surface area contributed by atoms with Crippen LogP contribution in [0.15, 0.2) is 156 Å². The first kappa shape index (κ1) is 51.0. The number of benzene rings is 7. The highest BCUT2D eigenvalue weighted by atomic mass is 35.5. The van der Waals surface area contributed by atoms with E-state index < -0.39 is 17.9 Å². The lowest BCUT2D eigenvalue weighted by molar-refractivity contribution is 0.0599. The third-order valence-electron chi connectivity index (χ3n) is 11.1. The molecule has 9 aromatic rings. The van der Waals surface area contributed by atoms with E-state index in [-0.39, 0.29) is 17.0 Å². The number of halogens is 4. The molecule has 0 bridgehead atoms. The second-order valence-electron chi connectivity index (χ2n) is 15.6. The Morgan fingerprint density at radius 3 is 1.50 bits per heavy atom. The fourth-order valence-electron chi connectivity index (χ4n) is 7.36. The van der Waals surface area contributed by atoms with Gasteiger partial charge < -0.3 is 25.0 Å². The quantitative estimate of drug-likeness (QED) is 0.0947. The molecule has 1 amide bonds. The van der Waals surface area contributed by atoms with E-state index >= 15 is 0 Å². The molecule has 0 spiro atoms. The van der Waals surface area contributed by atoms with Crippen molar-refractivity contribution >= 4 is 92.9 Å². The number of aromatic nitrogens is 2. The number of carboxylic acid groups (broad SMARTS) is 2. The molecule has 11 nitrogen and oxygen atoms in total. The first-order chi connectivity index (χ1) is 34.7. The molecule has 0 atom stereocenters. The third-order valence-corrected chi connectivity index (χ3v) is 14.4. The zero-order valence-corrected chi connectivity index (χ0v) is 42.4. The highest BCUT2D eigenvalue weighted by Gasteiger charge is 2.19. The number of rotatable bonds is 13. The van der Waals surface area contributed by atoms with Crippen molar-refractivity contribution in [2.24, 2.45) is 0 Å². The summed E-state index contributed by atoms with van der Waals surface area (Å²) < 4.78 is 10.2. The van der Waals surface area contributed by atoms with Gasteiger partial charge in [-0.25, -0.2) is 24.4 Å². The van der Waals surface area contributed by atoms with Crippen LogP contribution in [0.5, 0.6) is 5.75 Å². The van der Waals surface area contributed by atoms with Gasteiger partial charge in [-0.1, -0.05) is 119 Å². The average molecular weight is 1070 g/mol. The maximum Gasteiger partial charge on any atom is 0.338 e. The van der Waals surface area contributed by atoms with Crippen LogP contribution in [0.4, 0.5) is 0 Å². The first-order valence-corrected chi connectivity index (χ1v) is 24.7. The predicted molar refractivity (Wildman–Crippen MR) is 286 cm³/mol. The fourth-order valence-corrected chi connectivity index (χ4v) is 9.61. The number of amides is 1. The lowest BCUT2D eigenvalue weighted by atomic mass is 9.96. The number of carboxylic acids is 2. The molecular formula is C55H37Cl4N3O8S2. The molecular weight excluding hydrogens is 1040 g/mol. The van der Waals surface area contributed by atoms with Gasteiger partial charge in [0.25, 0.3) is 5.91 Å². The van der Waals surface area contributed by atoms with Crippen molar-refractivity contribution in [3.63, 3.8) is 0 Å². The first-order valence-electron chi connectivity index (χ1n) is 21.5. The van der Waals surface area contributed by atoms with Crippen LogP contribution >= 0.6 is 69.1 Å². The number of thiazole rings is 2. The van der Waals surface area contributed by atoms with Crippen LogP contribution in [-0.4, -0.2) is 58.2 Å². The summed E-state index contributed by atoms with van der Waals surface area (Å²) in [7, 11) is 2.91. The van der Waals surface area contributed by atoms with Gasteiger partial charge in [-0.15, -0.1) is 22.7 Å². The number of carbonyl (C=O) groups is 4. The zero-order chi connectivity index (χ0) is 51.1. The lowest BCUT2D eigenvalue weighted by Crippen LogP contribution is -2.22. The van der Waals surface area contributed by atoms with E-state index in [0.29, 0.717) is 70.6 Å². The van der Waals surface area contributed by atoms with Crippen molar-refractivity contribution in [1.29, 1.82) is 0 Å². The van der Waals surface area contributed by atoms with Gasteiger partial charge in [-0.3, -0.25) is 4.79 Å². The fraction of sp³-hybridized carbons (Fsp3) is 0.0545. The Morgan fingerprint density at radius 2 is 1.01 bits per heavy atom. The number of methoxy groups -OCH3 is 2. The largest absolute Gasteiger partial charge is 0.497 e. The highest BCUT2D eigenvalue weighted by molar-refractivity contribution is 7.13. The molecule has 0 fully saturated rings. The molecule has 360 valence electrons. The van der Waals surface area contributed by atoms with Gasteiger partial charge in [0, 0.05) is 45.1 Å². The summed E-state index contributed by atoms with van der Waals surface area (Å²) in [6, 6.07) is 41.9. The SMILES string of the molecule is COC(=O)c1cc(-c2nc(-c3ccc(Cl)c(Cl)c3)cs2)ccc1-c1ccc(C(=O)O)cc1.COc1cccc(CNC(=O)c2ccc(-c3ccc(-c4nc(-c5ccc(Cl)c(Cl)c5)cs4)cc3C(=O)O)cc2)c1. The summed E-state index contributed by atoms with van der Waals surface area (Å²) in [5, 5.41) is 29.0. The van der Waals surface area contributed by atoms with Gasteiger partial charge in [0.2, 0.25) is 0 Å². The van der Waals surface area contributed by atoms with Crippen LogP contribution < -0.4 is 10.1 Å². The molecule has 0 saturated carbocycles. The number of nitrogens with one attached hydrogen (secondary N) is 1. The van der Waals surface area contributed by atoms with Crippen LogP contribution in [0.25, 0.3) is 65.9 Å². The maximum absolute atomic E-state index is 12.7. The Bertz CT molecular complexity index is 3510. The van der Waals surface area contributed by atoms with E-state index in [1.165, 1.54) is 41.9 Å². The Morgan fingerprint density at radius 1 is 0.528 bits per heavy atom. The number of hydrogen-bond donors (Lipinski definition) is 3. The summed E-state index contributed by atoms with van der Waals surface area (Å²) in [5.74, 6) is -2.08. The number of aromatic carboxylic acids is 2. The number of ether oxygens (including phenoxy) is 2. The molecule has 0 saturated heterocycles. The Balaban J connectivity index is 0.000000197. The summed E-state index contributed by atoms with van der Waals surface area (Å²) in [6.07, 6.45) is 0. The van der Waals surface area contributed by atoms with Crippen molar-refractivity contribution < 1.29 is 38.9 Å². The van der Waals surface area contributed by atoms with Gasteiger partial charge in [-0.05, 0) is 101 Å². The van der Waals surface area contributed by atoms with Crippen molar-refractivity contribution in [1.82, 2.24) is 15.3 Å². The van der Waals surface area contributed by atoms with Crippen LogP contribution in [-0.2, 0) is 11.3 Å². The summed E-state index contributed by atoms with van der Waals surface area (Å²) in [5.41, 5.74) is 9.19. The van der Waals surface area contributed by atoms with Gasteiger partial charge >= 0.3 is 17.9 Å². The monoisotopic (exact) mass is 1070 g/mol. The van der Waals surface area contributed by atoms with E-state index in [1.54, 1.807) is 92.0 Å². The normalized spacial score (nSPS) is 10.8. The minimum absolute atomic E-state index is 0.138. The minimum Gasteiger partial charge on any atom is -0.497 e. The van der Waals surface area contributed by atoms with Crippen LogP contribution in [0.2, 0.25) is 20.1 Å². The standard InChI is InChI=1S/C31H22Cl2N2O4S.C24H15Cl2NO4S/c1-39-23-4-2-3-18(13-23)16-34-29(36)20-7-5-19(6-8-20)24-11-9-22(14-25(24)31(37)38)30-35-28(17-40-30)21-10-12-26(32)27(33)15-21;1-31-24(30)18-10-16(6-8-17(18)13-2-4-14(5-3-13)23(28)29)22-27-21(12-32-22)15-7-9-19(25)20(26)11-15/h2-15,17H,16H2,1H3,(H,34,36)(H,37,38);2-12H,1H3,(H,28,29). The molecule has 0 aliphatic carbocycles. The van der Waals surface area contributed by atoms with E-state index in [9.17, 15) is 24.3 Å². The second kappa shape index (κ2) is 22.8. The number of hydrogen-bond acceptors (Lipinski definition) is 10. The Labute approximate surface area is 440 Å². The molecule has 0 radical (unpaired) electrons. The summed E-state index contributed by atoms with van der Waals surface area (Å²) in [4.78, 5) is 57.9. The van der Waals surface area contributed by atoms with Crippen molar-refractivity contribution in [2.45, 2.75) is 6.54 Å². The van der Waals surface area contributed by atoms with Gasteiger partial charge in [-0.2, -0.15) is 0 Å². The van der Waals surface area contributed by atoms with Gasteiger partial charge in [0.1, 0.15) is 15.8 Å². The second-order valence-corrected chi connectivity index (χ2v) is 19.0. The molecule has 0 aliphatic heterocycles. The molecule has 2 aromatic heterocycles. The van der Waals surface area contributed by atoms with Gasteiger partial charge in [0.15, 0.2) is 0 Å². The number of esters is 1. The van der Waals surface area contributed by atoms with E-state index in [0.717, 1.165) is 44.4 Å². The van der Waals surface area contributed by atoms with Crippen LogP contribution in [0.1, 0.15) is 47.0 Å². The topological polar surface area (TPSA) is 165 Å². The maximum atomic E-state index is 12.7. The molecule has 2 heterocycles.